The van der Waals surface area contributed by atoms with Crippen LogP contribution in [0.1, 0.15) is 36.0 Å². The Morgan fingerprint density at radius 3 is 2.55 bits per heavy atom. The van der Waals surface area contributed by atoms with Gasteiger partial charge in [-0.3, -0.25) is 4.79 Å². The first-order chi connectivity index (χ1) is 9.48. The molecule has 0 aliphatic heterocycles. The maximum Gasteiger partial charge on any atom is 0.335 e. The molecule has 0 saturated heterocycles. The number of nitrogens with two attached hydrogens (primary N) is 1. The molecule has 1 aliphatic carbocycles. The predicted octanol–water partition coefficient (Wildman–Crippen LogP) is 2.60. The highest BCUT2D eigenvalue weighted by molar-refractivity contribution is 9.10. The molecule has 1 saturated carbocycles. The van der Waals surface area contributed by atoms with Crippen molar-refractivity contribution < 1.29 is 14.7 Å². The molecule has 108 valence electrons. The molecule has 20 heavy (non-hydrogen) atoms. The van der Waals surface area contributed by atoms with Crippen molar-refractivity contribution >= 4 is 33.5 Å². The fraction of sp³-hybridized carbons (Fsp3) is 0.429. The highest BCUT2D eigenvalue weighted by atomic mass is 79.9. The van der Waals surface area contributed by atoms with Gasteiger partial charge in [0.25, 0.3) is 0 Å². The molecule has 1 fully saturated rings. The van der Waals surface area contributed by atoms with Crippen LogP contribution in [0.5, 0.6) is 0 Å². The van der Waals surface area contributed by atoms with E-state index in [1.165, 1.54) is 12.1 Å². The fourth-order valence-electron chi connectivity index (χ4n) is 2.58. The molecule has 5 nitrogen and oxygen atoms in total. The fourth-order valence-corrected chi connectivity index (χ4v) is 2.93. The van der Waals surface area contributed by atoms with E-state index in [0.29, 0.717) is 16.7 Å². The number of carboxylic acid groups (broad SMARTS) is 1. The van der Waals surface area contributed by atoms with E-state index >= 15 is 0 Å². The average Bonchev–Trinajstić information content (AvgIpc) is 2.91. The number of carboxylic acids is 1. The Kier molecular flexibility index (Phi) is 4.45. The Hall–Kier alpha value is -1.40. The second kappa shape index (κ2) is 5.93. The first kappa shape index (κ1) is 15.0. The number of carbonyl (C=O) groups excluding carboxylic acids is 1. The average molecular weight is 341 g/mol. The van der Waals surface area contributed by atoms with Crippen LogP contribution in [0.25, 0.3) is 0 Å². The number of benzene rings is 1. The number of amides is 1. The summed E-state index contributed by atoms with van der Waals surface area (Å²) in [5.74, 6) is -1.15. The minimum Gasteiger partial charge on any atom is -0.478 e. The van der Waals surface area contributed by atoms with Crippen molar-refractivity contribution in [2.75, 3.05) is 11.9 Å². The SMILES string of the molecule is NCC1(C(=O)Nc2cc(C(=O)O)ccc2Br)CCCC1. The van der Waals surface area contributed by atoms with Gasteiger partial charge in [-0.15, -0.1) is 0 Å². The number of rotatable bonds is 4. The molecule has 2 rings (SSSR count). The zero-order valence-electron chi connectivity index (χ0n) is 11.0. The summed E-state index contributed by atoms with van der Waals surface area (Å²) in [6.45, 7) is 0.315. The first-order valence-corrected chi connectivity index (χ1v) is 7.32. The minimum absolute atomic E-state index is 0.124. The molecule has 1 aromatic carbocycles. The third-order valence-corrected chi connectivity index (χ3v) is 4.59. The Morgan fingerprint density at radius 1 is 1.35 bits per heavy atom. The minimum atomic E-state index is -1.03. The van der Waals surface area contributed by atoms with Gasteiger partial charge in [0.2, 0.25) is 5.91 Å². The van der Waals surface area contributed by atoms with E-state index < -0.39 is 11.4 Å². The van der Waals surface area contributed by atoms with E-state index in [0.717, 1.165) is 25.7 Å². The molecule has 1 aliphatic rings. The smallest absolute Gasteiger partial charge is 0.335 e. The second-order valence-electron chi connectivity index (χ2n) is 5.15. The molecule has 0 heterocycles. The Morgan fingerprint density at radius 2 is 2.00 bits per heavy atom. The Balaban J connectivity index is 2.23. The maximum absolute atomic E-state index is 12.4. The normalized spacial score (nSPS) is 16.9. The van der Waals surface area contributed by atoms with E-state index in [4.69, 9.17) is 10.8 Å². The van der Waals surface area contributed by atoms with Crippen LogP contribution in [0.2, 0.25) is 0 Å². The van der Waals surface area contributed by atoms with Crippen molar-refractivity contribution in [1.82, 2.24) is 0 Å². The summed E-state index contributed by atoms with van der Waals surface area (Å²) in [7, 11) is 0. The van der Waals surface area contributed by atoms with Gasteiger partial charge in [0.1, 0.15) is 0 Å². The van der Waals surface area contributed by atoms with Crippen LogP contribution in [0, 0.1) is 5.41 Å². The van der Waals surface area contributed by atoms with E-state index in [1.54, 1.807) is 6.07 Å². The lowest BCUT2D eigenvalue weighted by atomic mass is 9.85. The lowest BCUT2D eigenvalue weighted by Crippen LogP contribution is -2.40. The number of aromatic carboxylic acids is 1. The zero-order valence-corrected chi connectivity index (χ0v) is 12.6. The third-order valence-electron chi connectivity index (χ3n) is 3.89. The van der Waals surface area contributed by atoms with Gasteiger partial charge >= 0.3 is 5.97 Å². The highest BCUT2D eigenvalue weighted by Crippen LogP contribution is 2.38. The van der Waals surface area contributed by atoms with Crippen molar-refractivity contribution in [3.05, 3.63) is 28.2 Å². The monoisotopic (exact) mass is 340 g/mol. The Bertz CT molecular complexity index is 539. The summed E-state index contributed by atoms with van der Waals surface area (Å²) in [5.41, 5.74) is 5.86. The van der Waals surface area contributed by atoms with Gasteiger partial charge in [-0.1, -0.05) is 12.8 Å². The van der Waals surface area contributed by atoms with Gasteiger partial charge in [0.05, 0.1) is 16.7 Å². The van der Waals surface area contributed by atoms with Crippen molar-refractivity contribution in [3.8, 4) is 0 Å². The number of carbonyl (C=O) groups is 2. The van der Waals surface area contributed by atoms with E-state index in [1.807, 2.05) is 0 Å². The molecule has 1 amide bonds. The van der Waals surface area contributed by atoms with Crippen molar-refractivity contribution in [2.24, 2.45) is 11.1 Å². The summed E-state index contributed by atoms with van der Waals surface area (Å²) in [5, 5.41) is 11.8. The molecule has 0 bridgehead atoms. The standard InChI is InChI=1S/C14H17BrN2O3/c15-10-4-3-9(12(18)19)7-11(10)17-13(20)14(8-16)5-1-2-6-14/h3-4,7H,1-2,5-6,8,16H2,(H,17,20)(H,18,19). The molecule has 6 heteroatoms. The van der Waals surface area contributed by atoms with E-state index in [-0.39, 0.29) is 11.5 Å². The highest BCUT2D eigenvalue weighted by Gasteiger charge is 2.39. The number of anilines is 1. The number of hydrogen-bond acceptors (Lipinski definition) is 3. The van der Waals surface area contributed by atoms with Crippen molar-refractivity contribution in [3.63, 3.8) is 0 Å². The summed E-state index contributed by atoms with van der Waals surface area (Å²) in [4.78, 5) is 23.4. The van der Waals surface area contributed by atoms with Gasteiger partial charge in [0, 0.05) is 11.0 Å². The van der Waals surface area contributed by atoms with Crippen LogP contribution in [0.15, 0.2) is 22.7 Å². The third kappa shape index (κ3) is 2.86. The summed E-state index contributed by atoms with van der Waals surface area (Å²) in [6.07, 6.45) is 3.57. The second-order valence-corrected chi connectivity index (χ2v) is 6.00. The summed E-state index contributed by atoms with van der Waals surface area (Å²) in [6, 6.07) is 4.54. The Labute approximate surface area is 125 Å². The molecule has 4 N–H and O–H groups in total. The van der Waals surface area contributed by atoms with Gasteiger partial charge in [0.15, 0.2) is 0 Å². The lowest BCUT2D eigenvalue weighted by Gasteiger charge is -2.26. The van der Waals surface area contributed by atoms with Crippen molar-refractivity contribution in [1.29, 1.82) is 0 Å². The van der Waals surface area contributed by atoms with Crippen LogP contribution >= 0.6 is 15.9 Å². The van der Waals surface area contributed by atoms with E-state index in [2.05, 4.69) is 21.2 Å². The maximum atomic E-state index is 12.4. The molecular formula is C14H17BrN2O3. The summed E-state index contributed by atoms with van der Waals surface area (Å²) >= 11 is 3.32. The van der Waals surface area contributed by atoms with Gasteiger partial charge < -0.3 is 16.2 Å². The van der Waals surface area contributed by atoms with Crippen LogP contribution in [-0.4, -0.2) is 23.5 Å². The van der Waals surface area contributed by atoms with Crippen molar-refractivity contribution in [2.45, 2.75) is 25.7 Å². The van der Waals surface area contributed by atoms with Crippen LogP contribution < -0.4 is 11.1 Å². The van der Waals surface area contributed by atoms with Crippen LogP contribution in [0.3, 0.4) is 0 Å². The van der Waals surface area contributed by atoms with Gasteiger partial charge in [-0.25, -0.2) is 4.79 Å². The zero-order chi connectivity index (χ0) is 14.8. The van der Waals surface area contributed by atoms with E-state index in [9.17, 15) is 9.59 Å². The number of halogens is 1. The lowest BCUT2D eigenvalue weighted by molar-refractivity contribution is -0.124. The topological polar surface area (TPSA) is 92.4 Å². The largest absolute Gasteiger partial charge is 0.478 e. The predicted molar refractivity (Wildman–Crippen MR) is 79.7 cm³/mol. The van der Waals surface area contributed by atoms with Crippen LogP contribution in [-0.2, 0) is 4.79 Å². The molecule has 1 aromatic rings. The number of nitrogens with one attached hydrogen (secondary N) is 1. The molecule has 0 aromatic heterocycles. The summed E-state index contributed by atoms with van der Waals surface area (Å²) < 4.78 is 0.654. The van der Waals surface area contributed by atoms with Crippen LogP contribution in [0.4, 0.5) is 5.69 Å². The van der Waals surface area contributed by atoms with Gasteiger partial charge in [-0.05, 0) is 47.0 Å². The molecule has 0 radical (unpaired) electrons. The first-order valence-electron chi connectivity index (χ1n) is 6.53. The molecule has 0 unspecified atom stereocenters. The molecular weight excluding hydrogens is 324 g/mol. The van der Waals surface area contributed by atoms with Gasteiger partial charge in [-0.2, -0.15) is 0 Å². The number of hydrogen-bond donors (Lipinski definition) is 3. The molecule has 0 atom stereocenters. The quantitative estimate of drug-likeness (QED) is 0.785. The molecule has 0 spiro atoms.